The van der Waals surface area contributed by atoms with Crippen LogP contribution in [0.2, 0.25) is 5.02 Å². The number of methoxy groups -OCH3 is 1. The second-order valence-corrected chi connectivity index (χ2v) is 21.9. The summed E-state index contributed by atoms with van der Waals surface area (Å²) < 4.78 is 52.4. The molecule has 404 valence electrons. The minimum absolute atomic E-state index is 0.0311. The lowest BCUT2D eigenvalue weighted by molar-refractivity contribution is -0.139. The molecular formula is C58H69ClF2N8O7. The summed E-state index contributed by atoms with van der Waals surface area (Å²) in [5.74, 6) is -0.826. The Kier molecular flexibility index (Phi) is 15.7. The molecule has 76 heavy (non-hydrogen) atoms. The molecule has 0 bridgehead atoms. The summed E-state index contributed by atoms with van der Waals surface area (Å²) in [6, 6.07) is 19.9. The number of likely N-dealkylation sites (tertiary alicyclic amines) is 2. The van der Waals surface area contributed by atoms with Crippen LogP contribution in [0.1, 0.15) is 104 Å². The molecule has 5 amide bonds. The minimum atomic E-state index is -1.07. The molecule has 15 nitrogen and oxygen atoms in total. The Morgan fingerprint density at radius 3 is 2.39 bits per heavy atom. The number of piperidine rings is 2. The number of urea groups is 1. The van der Waals surface area contributed by atoms with Crippen LogP contribution in [0.4, 0.5) is 19.4 Å². The molecule has 1 aromatic heterocycles. The molecule has 3 saturated heterocycles. The van der Waals surface area contributed by atoms with Crippen molar-refractivity contribution in [3.8, 4) is 22.6 Å². The zero-order valence-electron chi connectivity index (χ0n) is 44.1. The highest BCUT2D eigenvalue weighted by atomic mass is 35.5. The average Bonchev–Trinajstić information content (AvgIpc) is 4.04. The Balaban J connectivity index is 0.747. The van der Waals surface area contributed by atoms with Crippen molar-refractivity contribution in [3.05, 3.63) is 106 Å². The molecule has 4 fully saturated rings. The predicted octanol–water partition coefficient (Wildman–Crippen LogP) is 8.91. The third kappa shape index (κ3) is 10.3. The maximum atomic E-state index is 16.8. The number of amides is 5. The number of aryl methyl sites for hydroxylation is 1. The third-order valence-corrected chi connectivity index (χ3v) is 17.5. The van der Waals surface area contributed by atoms with Gasteiger partial charge in [-0.25, -0.2) is 13.6 Å². The SMILES string of the molecule is CNC(=O)c1ccc(OCCOC)c(F)c1-c1c(Cl)c(F)cc2c1[C@H](C)[C@@](CNC1CCC(C(=O)N3CC[C@H](CN4CCC(c5ccc6c(N7CCC(=O)NC7=O)nn(C)c6c5)CC4)[C@H](C)C3)CC1)(c1ccccc1)O2. The number of aromatic nitrogens is 2. The summed E-state index contributed by atoms with van der Waals surface area (Å²) in [5.41, 5.74) is 2.32. The lowest BCUT2D eigenvalue weighted by Gasteiger charge is -2.42. The number of hydrogen-bond donors (Lipinski definition) is 3. The van der Waals surface area contributed by atoms with E-state index < -0.39 is 35.1 Å². The van der Waals surface area contributed by atoms with Crippen molar-refractivity contribution >= 4 is 52.1 Å². The number of halogens is 3. The smallest absolute Gasteiger partial charge is 0.329 e. The van der Waals surface area contributed by atoms with Gasteiger partial charge in [-0.3, -0.25) is 29.3 Å². The van der Waals surface area contributed by atoms with Gasteiger partial charge in [0.25, 0.3) is 5.91 Å². The molecular weight excluding hydrogens is 994 g/mol. The number of imide groups is 1. The van der Waals surface area contributed by atoms with E-state index in [1.165, 1.54) is 37.9 Å². The van der Waals surface area contributed by atoms with Crippen LogP contribution >= 0.6 is 11.6 Å². The summed E-state index contributed by atoms with van der Waals surface area (Å²) in [6.45, 7) is 9.75. The first-order valence-electron chi connectivity index (χ1n) is 26.9. The Morgan fingerprint density at radius 2 is 1.68 bits per heavy atom. The number of nitrogens with zero attached hydrogens (tertiary/aromatic N) is 5. The molecule has 18 heteroatoms. The van der Waals surface area contributed by atoms with Gasteiger partial charge in [-0.1, -0.05) is 61.8 Å². The number of fused-ring (bicyclic) bond motifs is 2. The van der Waals surface area contributed by atoms with Gasteiger partial charge in [0.05, 0.1) is 22.7 Å². The molecule has 5 aliphatic rings. The molecule has 0 radical (unpaired) electrons. The molecule has 4 aromatic carbocycles. The van der Waals surface area contributed by atoms with Gasteiger partial charge >= 0.3 is 6.03 Å². The van der Waals surface area contributed by atoms with Gasteiger partial charge < -0.3 is 34.6 Å². The highest BCUT2D eigenvalue weighted by Crippen LogP contribution is 2.57. The Hall–Kier alpha value is -6.14. The summed E-state index contributed by atoms with van der Waals surface area (Å²) in [5, 5.41) is 14.0. The van der Waals surface area contributed by atoms with E-state index in [0.29, 0.717) is 42.2 Å². The number of carbonyl (C=O) groups is 4. The Morgan fingerprint density at radius 1 is 0.921 bits per heavy atom. The molecule has 1 saturated carbocycles. The molecule has 0 spiro atoms. The summed E-state index contributed by atoms with van der Waals surface area (Å²) in [6.07, 6.45) is 6.46. The zero-order chi connectivity index (χ0) is 53.4. The summed E-state index contributed by atoms with van der Waals surface area (Å²) >= 11 is 6.84. The van der Waals surface area contributed by atoms with E-state index in [-0.39, 0.29) is 76.6 Å². The lowest BCUT2D eigenvalue weighted by Crippen LogP contribution is -2.50. The fourth-order valence-electron chi connectivity index (χ4n) is 12.7. The van der Waals surface area contributed by atoms with E-state index in [9.17, 15) is 19.2 Å². The zero-order valence-corrected chi connectivity index (χ0v) is 44.8. The number of anilines is 1. The van der Waals surface area contributed by atoms with Crippen molar-refractivity contribution in [3.63, 3.8) is 0 Å². The number of carbonyl (C=O) groups excluding carboxylic acids is 4. The number of rotatable bonds is 15. The normalized spacial score (nSPS) is 24.3. The van der Waals surface area contributed by atoms with Gasteiger partial charge in [-0.05, 0) is 111 Å². The van der Waals surface area contributed by atoms with Crippen molar-refractivity contribution in [2.24, 2.45) is 24.8 Å². The molecule has 0 unspecified atom stereocenters. The van der Waals surface area contributed by atoms with Gasteiger partial charge in [0.2, 0.25) is 11.8 Å². The van der Waals surface area contributed by atoms with Gasteiger partial charge in [0, 0.05) is 106 Å². The molecule has 5 heterocycles. The highest BCUT2D eigenvalue weighted by Gasteiger charge is 2.50. The average molecular weight is 1060 g/mol. The van der Waals surface area contributed by atoms with E-state index in [1.54, 1.807) is 4.90 Å². The topological polar surface area (TPSA) is 160 Å². The van der Waals surface area contributed by atoms with Gasteiger partial charge in [-0.2, -0.15) is 5.10 Å². The van der Waals surface area contributed by atoms with Gasteiger partial charge in [-0.15, -0.1) is 0 Å². The third-order valence-electron chi connectivity index (χ3n) is 17.1. The van der Waals surface area contributed by atoms with Gasteiger partial charge in [0.15, 0.2) is 23.0 Å². The number of ether oxygens (including phenoxy) is 3. The van der Waals surface area contributed by atoms with Crippen LogP contribution in [0.3, 0.4) is 0 Å². The Labute approximate surface area is 447 Å². The van der Waals surface area contributed by atoms with Crippen molar-refractivity contribution in [2.75, 3.05) is 78.1 Å². The fraction of sp³-hybridized carbons (Fsp3) is 0.500. The van der Waals surface area contributed by atoms with Crippen LogP contribution in [-0.2, 0) is 27.0 Å². The van der Waals surface area contributed by atoms with Crippen LogP contribution in [0, 0.1) is 29.4 Å². The van der Waals surface area contributed by atoms with Crippen molar-refractivity contribution in [1.82, 2.24) is 35.5 Å². The summed E-state index contributed by atoms with van der Waals surface area (Å²) in [4.78, 5) is 58.1. The second-order valence-electron chi connectivity index (χ2n) is 21.6. The maximum Gasteiger partial charge on any atom is 0.329 e. The van der Waals surface area contributed by atoms with Crippen LogP contribution in [0.5, 0.6) is 11.5 Å². The predicted molar refractivity (Wildman–Crippen MR) is 287 cm³/mol. The maximum absolute atomic E-state index is 16.8. The largest absolute Gasteiger partial charge is 0.488 e. The number of hydrogen-bond acceptors (Lipinski definition) is 10. The van der Waals surface area contributed by atoms with E-state index in [0.717, 1.165) is 94.1 Å². The fourth-order valence-corrected chi connectivity index (χ4v) is 13.0. The molecule has 5 aromatic rings. The monoisotopic (exact) mass is 1060 g/mol. The quantitative estimate of drug-likeness (QED) is 0.0865. The Bertz CT molecular complexity index is 3000. The lowest BCUT2D eigenvalue weighted by atomic mass is 9.77. The number of benzene rings is 4. The first-order valence-corrected chi connectivity index (χ1v) is 27.3. The van der Waals surface area contributed by atoms with Crippen LogP contribution < -0.4 is 30.3 Å². The first kappa shape index (κ1) is 53.3. The standard InChI is InChI=1S/C58H69ClF2N8O7/c1-34-31-68(25-21-39(34)32-67-23-19-36(20-24-67)38-13-16-42-45(29-38)66(4)65-54(42)69-26-22-48(70)64-57(69)73)56(72)37-11-14-41(15-12-37)63-33-58(40-9-7-6-8-10-40)35(2)49-47(76-58)30-44(60)52(59)51(49)50-43(55(71)62-3)17-18-46(53(50)61)75-28-27-74-5/h6-10,13,16-18,29-30,34-37,39,41,63H,11-12,14-15,19-28,31-33H2,1-5H3,(H,62,71)(H,64,70,73)/t34-,35+,37?,39-,41?,58+/m1/s1. The molecule has 3 N–H and O–H groups in total. The van der Waals surface area contributed by atoms with Gasteiger partial charge in [0.1, 0.15) is 18.2 Å². The van der Waals surface area contributed by atoms with Crippen molar-refractivity contribution < 1.29 is 42.2 Å². The first-order chi connectivity index (χ1) is 36.7. The second kappa shape index (κ2) is 22.4. The van der Waals surface area contributed by atoms with E-state index in [4.69, 9.17) is 25.8 Å². The van der Waals surface area contributed by atoms with Crippen molar-refractivity contribution in [1.29, 1.82) is 0 Å². The van der Waals surface area contributed by atoms with Crippen molar-refractivity contribution in [2.45, 2.75) is 88.7 Å². The van der Waals surface area contributed by atoms with Crippen LogP contribution in [0.15, 0.2) is 66.7 Å². The minimum Gasteiger partial charge on any atom is -0.488 e. The molecule has 1 aliphatic carbocycles. The van der Waals surface area contributed by atoms with Crippen LogP contribution in [0.25, 0.3) is 22.0 Å². The van der Waals surface area contributed by atoms with E-state index >= 15 is 8.78 Å². The molecule has 4 atom stereocenters. The summed E-state index contributed by atoms with van der Waals surface area (Å²) in [7, 11) is 4.85. The molecule has 4 aliphatic heterocycles. The molecule has 10 rings (SSSR count). The van der Waals surface area contributed by atoms with E-state index in [2.05, 4.69) is 56.0 Å². The highest BCUT2D eigenvalue weighted by molar-refractivity contribution is 6.34. The van der Waals surface area contributed by atoms with Crippen LogP contribution in [-0.4, -0.2) is 123 Å². The van der Waals surface area contributed by atoms with E-state index in [1.807, 2.05) is 49.0 Å². The number of nitrogens with one attached hydrogen (secondary N) is 3.